The van der Waals surface area contributed by atoms with E-state index in [-0.39, 0.29) is 0 Å². The Bertz CT molecular complexity index is 323. The van der Waals surface area contributed by atoms with E-state index >= 15 is 0 Å². The fraction of sp³-hybridized carbons (Fsp3) is 0.538. The third kappa shape index (κ3) is 2.97. The molecule has 0 saturated carbocycles. The van der Waals surface area contributed by atoms with Crippen LogP contribution in [-0.4, -0.2) is 36.2 Å². The molecule has 0 aromatic heterocycles. The summed E-state index contributed by atoms with van der Waals surface area (Å²) < 4.78 is 0. The number of hydrogen-bond acceptors (Lipinski definition) is 3. The minimum Gasteiger partial charge on any atom is -0.508 e. The highest BCUT2D eigenvalue weighted by atomic mass is 16.3. The van der Waals surface area contributed by atoms with E-state index in [1.165, 1.54) is 24.9 Å². The largest absolute Gasteiger partial charge is 0.508 e. The lowest BCUT2D eigenvalue weighted by atomic mass is 10.1. The fourth-order valence-corrected chi connectivity index (χ4v) is 2.29. The molecule has 1 aromatic rings. The molecule has 0 bridgehead atoms. The third-order valence-electron chi connectivity index (χ3n) is 3.26. The second-order valence-electron chi connectivity index (χ2n) is 4.53. The number of likely N-dealkylation sites (tertiary alicyclic amines) is 1. The molecule has 1 saturated heterocycles. The van der Waals surface area contributed by atoms with Crippen LogP contribution in [0.2, 0.25) is 0 Å². The van der Waals surface area contributed by atoms with E-state index in [0.29, 0.717) is 11.8 Å². The lowest BCUT2D eigenvalue weighted by molar-refractivity contribution is 0.188. The topological polar surface area (TPSA) is 35.5 Å². The van der Waals surface area contributed by atoms with Crippen molar-refractivity contribution in [1.82, 2.24) is 10.2 Å². The summed E-state index contributed by atoms with van der Waals surface area (Å²) in [7, 11) is 2.04. The maximum atomic E-state index is 9.22. The van der Waals surface area contributed by atoms with Crippen LogP contribution in [0, 0.1) is 0 Å². The first kappa shape index (κ1) is 11.4. The van der Waals surface area contributed by atoms with Crippen LogP contribution in [0.4, 0.5) is 0 Å². The summed E-state index contributed by atoms with van der Waals surface area (Å²) in [5.41, 5.74) is 1.27. The van der Waals surface area contributed by atoms with Gasteiger partial charge in [0.25, 0.3) is 0 Å². The van der Waals surface area contributed by atoms with Crippen LogP contribution in [0.1, 0.15) is 18.4 Å². The van der Waals surface area contributed by atoms with Gasteiger partial charge >= 0.3 is 0 Å². The molecule has 0 amide bonds. The number of nitrogens with one attached hydrogen (secondary N) is 1. The van der Waals surface area contributed by atoms with Crippen molar-refractivity contribution < 1.29 is 5.11 Å². The normalized spacial score (nSPS) is 22.2. The third-order valence-corrected chi connectivity index (χ3v) is 3.26. The zero-order valence-electron chi connectivity index (χ0n) is 9.82. The molecule has 88 valence electrons. The van der Waals surface area contributed by atoms with E-state index in [1.54, 1.807) is 12.1 Å². The van der Waals surface area contributed by atoms with Crippen LogP contribution >= 0.6 is 0 Å². The Balaban J connectivity index is 1.91. The molecule has 1 unspecified atom stereocenters. The van der Waals surface area contributed by atoms with E-state index in [2.05, 4.69) is 10.2 Å². The zero-order chi connectivity index (χ0) is 11.4. The lowest BCUT2D eigenvalue weighted by Gasteiger charge is -2.32. The van der Waals surface area contributed by atoms with Crippen molar-refractivity contribution >= 4 is 0 Å². The van der Waals surface area contributed by atoms with E-state index in [9.17, 15) is 5.11 Å². The molecular formula is C13H20N2O. The molecule has 1 aliphatic rings. The van der Waals surface area contributed by atoms with Gasteiger partial charge in [-0.1, -0.05) is 12.1 Å². The lowest BCUT2D eigenvalue weighted by Crippen LogP contribution is -2.43. The number of rotatable bonds is 3. The molecule has 3 nitrogen and oxygen atoms in total. The van der Waals surface area contributed by atoms with Crippen molar-refractivity contribution in [2.45, 2.75) is 25.4 Å². The molecule has 1 heterocycles. The van der Waals surface area contributed by atoms with Crippen LogP contribution in [0.25, 0.3) is 0 Å². The Morgan fingerprint density at radius 1 is 1.38 bits per heavy atom. The van der Waals surface area contributed by atoms with Gasteiger partial charge in [0.1, 0.15) is 5.75 Å². The second-order valence-corrected chi connectivity index (χ2v) is 4.53. The SMILES string of the molecule is CNC1CCCN(Cc2ccc(O)cc2)C1. The first-order valence-corrected chi connectivity index (χ1v) is 5.95. The van der Waals surface area contributed by atoms with Crippen molar-refractivity contribution in [2.75, 3.05) is 20.1 Å². The van der Waals surface area contributed by atoms with Gasteiger partial charge in [-0.05, 0) is 44.1 Å². The molecule has 1 atom stereocenters. The smallest absolute Gasteiger partial charge is 0.115 e. The Morgan fingerprint density at radius 3 is 2.81 bits per heavy atom. The molecule has 16 heavy (non-hydrogen) atoms. The average Bonchev–Trinajstić information content (AvgIpc) is 2.32. The van der Waals surface area contributed by atoms with Gasteiger partial charge in [-0.25, -0.2) is 0 Å². The number of hydrogen-bond donors (Lipinski definition) is 2. The van der Waals surface area contributed by atoms with Crippen LogP contribution < -0.4 is 5.32 Å². The zero-order valence-corrected chi connectivity index (χ0v) is 9.82. The van der Waals surface area contributed by atoms with E-state index in [4.69, 9.17) is 0 Å². The van der Waals surface area contributed by atoms with E-state index in [1.807, 2.05) is 19.2 Å². The van der Waals surface area contributed by atoms with Crippen molar-refractivity contribution in [3.05, 3.63) is 29.8 Å². The monoisotopic (exact) mass is 220 g/mol. The number of nitrogens with zero attached hydrogens (tertiary/aromatic N) is 1. The number of piperidine rings is 1. The van der Waals surface area contributed by atoms with Crippen LogP contribution in [0.3, 0.4) is 0 Å². The highest BCUT2D eigenvalue weighted by molar-refractivity contribution is 5.25. The van der Waals surface area contributed by atoms with Gasteiger partial charge in [-0.3, -0.25) is 4.90 Å². The minimum atomic E-state index is 0.343. The Hall–Kier alpha value is -1.06. The maximum Gasteiger partial charge on any atom is 0.115 e. The summed E-state index contributed by atoms with van der Waals surface area (Å²) in [5, 5.41) is 12.6. The van der Waals surface area contributed by atoms with Crippen molar-refractivity contribution in [3.8, 4) is 5.75 Å². The number of benzene rings is 1. The number of likely N-dealkylation sites (N-methyl/N-ethyl adjacent to an activating group) is 1. The molecule has 2 N–H and O–H groups in total. The Kier molecular flexibility index (Phi) is 3.80. The van der Waals surface area contributed by atoms with Crippen molar-refractivity contribution in [2.24, 2.45) is 0 Å². The van der Waals surface area contributed by atoms with Gasteiger partial charge in [-0.2, -0.15) is 0 Å². The molecule has 0 radical (unpaired) electrons. The summed E-state index contributed by atoms with van der Waals surface area (Å²) in [4.78, 5) is 2.47. The van der Waals surface area contributed by atoms with Gasteiger partial charge in [0, 0.05) is 19.1 Å². The number of aromatic hydroxyl groups is 1. The van der Waals surface area contributed by atoms with Gasteiger partial charge in [-0.15, -0.1) is 0 Å². The molecular weight excluding hydrogens is 200 g/mol. The summed E-state index contributed by atoms with van der Waals surface area (Å²) in [5.74, 6) is 0.343. The van der Waals surface area contributed by atoms with E-state index < -0.39 is 0 Å². The molecule has 0 spiro atoms. The second kappa shape index (κ2) is 5.32. The summed E-state index contributed by atoms with van der Waals surface area (Å²) in [6.07, 6.45) is 2.55. The van der Waals surface area contributed by atoms with Gasteiger partial charge in [0.05, 0.1) is 0 Å². The first-order valence-electron chi connectivity index (χ1n) is 5.95. The Labute approximate surface area is 97.1 Å². The number of phenolic OH excluding ortho intramolecular Hbond substituents is 1. The summed E-state index contributed by atoms with van der Waals surface area (Å²) >= 11 is 0. The van der Waals surface area contributed by atoms with Gasteiger partial charge in [0.2, 0.25) is 0 Å². The van der Waals surface area contributed by atoms with Gasteiger partial charge in [0.15, 0.2) is 0 Å². The molecule has 2 rings (SSSR count). The predicted molar refractivity (Wildman–Crippen MR) is 65.5 cm³/mol. The van der Waals surface area contributed by atoms with Crippen molar-refractivity contribution in [3.63, 3.8) is 0 Å². The molecule has 0 aliphatic carbocycles. The van der Waals surface area contributed by atoms with Crippen LogP contribution in [-0.2, 0) is 6.54 Å². The van der Waals surface area contributed by atoms with E-state index in [0.717, 1.165) is 13.1 Å². The molecule has 3 heteroatoms. The van der Waals surface area contributed by atoms with Crippen molar-refractivity contribution in [1.29, 1.82) is 0 Å². The summed E-state index contributed by atoms with van der Waals surface area (Å²) in [6, 6.07) is 8.14. The number of phenols is 1. The van der Waals surface area contributed by atoms with Gasteiger partial charge < -0.3 is 10.4 Å². The average molecular weight is 220 g/mol. The highest BCUT2D eigenvalue weighted by Gasteiger charge is 2.17. The highest BCUT2D eigenvalue weighted by Crippen LogP contribution is 2.15. The fourth-order valence-electron chi connectivity index (χ4n) is 2.29. The molecule has 1 aliphatic heterocycles. The standard InChI is InChI=1S/C13H20N2O/c1-14-12-3-2-8-15(10-12)9-11-4-6-13(16)7-5-11/h4-7,12,14,16H,2-3,8-10H2,1H3. The minimum absolute atomic E-state index is 0.343. The first-order chi connectivity index (χ1) is 7.78. The molecule has 1 aromatic carbocycles. The quantitative estimate of drug-likeness (QED) is 0.811. The van der Waals surface area contributed by atoms with Crippen LogP contribution in [0.15, 0.2) is 24.3 Å². The predicted octanol–water partition coefficient (Wildman–Crippen LogP) is 1.58. The molecule has 1 fully saturated rings. The summed E-state index contributed by atoms with van der Waals surface area (Å²) in [6.45, 7) is 3.29. The maximum absolute atomic E-state index is 9.22. The Morgan fingerprint density at radius 2 is 2.12 bits per heavy atom. The van der Waals surface area contributed by atoms with Crippen LogP contribution in [0.5, 0.6) is 5.75 Å².